The molecule has 0 saturated carbocycles. The zero-order valence-corrected chi connectivity index (χ0v) is 15.0. The Balaban J connectivity index is 1.75. The highest BCUT2D eigenvalue weighted by molar-refractivity contribution is 5.80. The van der Waals surface area contributed by atoms with E-state index in [1.807, 2.05) is 30.9 Å². The molecule has 2 aliphatic rings. The molecule has 1 spiro atoms. The SMILES string of the molecule is CC(C)NC(=O)N1CCN(Cc2ccncc2)C[C@]2(CNC(=O)C2)C1. The minimum atomic E-state index is -0.213. The molecule has 3 rings (SSSR count). The minimum absolute atomic E-state index is 0.0421. The standard InChI is InChI=1S/C18H27N5O2/c1-14(2)21-17(25)23-8-7-22(10-15-3-5-19-6-4-15)12-18(13-23)9-16(24)20-11-18/h3-6,14H,7-13H2,1-2H3,(H,20,24)(H,21,25)/t18-/m0/s1. The van der Waals surface area contributed by atoms with E-state index in [4.69, 9.17) is 0 Å². The third-order valence-electron chi connectivity index (χ3n) is 4.82. The number of aromatic nitrogens is 1. The minimum Gasteiger partial charge on any atom is -0.355 e. The van der Waals surface area contributed by atoms with Crippen molar-refractivity contribution in [2.75, 3.05) is 32.7 Å². The predicted octanol–water partition coefficient (Wildman–Crippen LogP) is 0.824. The van der Waals surface area contributed by atoms with Gasteiger partial charge < -0.3 is 15.5 Å². The van der Waals surface area contributed by atoms with Gasteiger partial charge in [-0.3, -0.25) is 14.7 Å². The monoisotopic (exact) mass is 345 g/mol. The Morgan fingerprint density at radius 2 is 2.08 bits per heavy atom. The average molecular weight is 345 g/mol. The molecule has 2 aliphatic heterocycles. The normalized spacial score (nSPS) is 24.4. The van der Waals surface area contributed by atoms with E-state index >= 15 is 0 Å². The van der Waals surface area contributed by atoms with Crippen LogP contribution in [0.4, 0.5) is 4.79 Å². The molecule has 1 aromatic heterocycles. The number of pyridine rings is 1. The summed E-state index contributed by atoms with van der Waals surface area (Å²) in [6.45, 7) is 8.23. The molecule has 0 aliphatic carbocycles. The quantitative estimate of drug-likeness (QED) is 0.850. The smallest absolute Gasteiger partial charge is 0.317 e. The highest BCUT2D eigenvalue weighted by Crippen LogP contribution is 2.31. The summed E-state index contributed by atoms with van der Waals surface area (Å²) in [5.74, 6) is 0.0787. The Hall–Kier alpha value is -2.15. The Morgan fingerprint density at radius 1 is 1.32 bits per heavy atom. The van der Waals surface area contributed by atoms with Crippen LogP contribution in [0.1, 0.15) is 25.8 Å². The molecule has 7 nitrogen and oxygen atoms in total. The van der Waals surface area contributed by atoms with Crippen LogP contribution in [0.2, 0.25) is 0 Å². The van der Waals surface area contributed by atoms with Crippen molar-refractivity contribution >= 4 is 11.9 Å². The molecule has 0 unspecified atom stereocenters. The lowest BCUT2D eigenvalue weighted by Crippen LogP contribution is -2.48. The van der Waals surface area contributed by atoms with Crippen LogP contribution in [0, 0.1) is 5.41 Å². The molecule has 3 heterocycles. The molecule has 2 saturated heterocycles. The second-order valence-electron chi connectivity index (χ2n) is 7.55. The van der Waals surface area contributed by atoms with Crippen molar-refractivity contribution in [1.29, 1.82) is 0 Å². The van der Waals surface area contributed by atoms with Gasteiger partial charge in [0.05, 0.1) is 0 Å². The summed E-state index contributed by atoms with van der Waals surface area (Å²) >= 11 is 0. The van der Waals surface area contributed by atoms with E-state index in [0.717, 1.165) is 19.6 Å². The van der Waals surface area contributed by atoms with E-state index in [2.05, 4.69) is 20.5 Å². The number of nitrogens with one attached hydrogen (secondary N) is 2. The molecule has 1 aromatic rings. The van der Waals surface area contributed by atoms with Gasteiger partial charge in [0.2, 0.25) is 5.91 Å². The molecule has 2 fully saturated rings. The number of urea groups is 1. The summed E-state index contributed by atoms with van der Waals surface area (Å²) in [5, 5.41) is 5.94. The number of carbonyl (C=O) groups excluding carboxylic acids is 2. The first-order valence-corrected chi connectivity index (χ1v) is 8.89. The van der Waals surface area contributed by atoms with Crippen molar-refractivity contribution in [1.82, 2.24) is 25.4 Å². The zero-order chi connectivity index (χ0) is 17.9. The van der Waals surface area contributed by atoms with E-state index in [0.29, 0.717) is 26.1 Å². The van der Waals surface area contributed by atoms with Gasteiger partial charge in [0, 0.05) is 69.5 Å². The second-order valence-corrected chi connectivity index (χ2v) is 7.55. The fourth-order valence-electron chi connectivity index (χ4n) is 3.72. The van der Waals surface area contributed by atoms with Crippen LogP contribution in [-0.2, 0) is 11.3 Å². The van der Waals surface area contributed by atoms with Crippen molar-refractivity contribution < 1.29 is 9.59 Å². The molecule has 7 heteroatoms. The number of carbonyl (C=O) groups is 2. The van der Waals surface area contributed by atoms with E-state index in [9.17, 15) is 9.59 Å². The molecule has 0 radical (unpaired) electrons. The molecule has 136 valence electrons. The first kappa shape index (κ1) is 17.7. The van der Waals surface area contributed by atoms with E-state index in [1.165, 1.54) is 5.56 Å². The van der Waals surface area contributed by atoms with Gasteiger partial charge in [-0.25, -0.2) is 4.79 Å². The Labute approximate surface area is 148 Å². The van der Waals surface area contributed by atoms with Gasteiger partial charge in [0.15, 0.2) is 0 Å². The van der Waals surface area contributed by atoms with Crippen LogP contribution in [0.3, 0.4) is 0 Å². The number of hydrogen-bond acceptors (Lipinski definition) is 4. The van der Waals surface area contributed by atoms with Crippen LogP contribution in [0.15, 0.2) is 24.5 Å². The number of amides is 3. The zero-order valence-electron chi connectivity index (χ0n) is 15.0. The largest absolute Gasteiger partial charge is 0.355 e. The first-order valence-electron chi connectivity index (χ1n) is 8.89. The maximum Gasteiger partial charge on any atom is 0.317 e. The van der Waals surface area contributed by atoms with Gasteiger partial charge in [0.25, 0.3) is 0 Å². The lowest BCUT2D eigenvalue weighted by molar-refractivity contribution is -0.119. The molecule has 1 atom stereocenters. The van der Waals surface area contributed by atoms with E-state index in [1.54, 1.807) is 12.4 Å². The molecular weight excluding hydrogens is 318 g/mol. The topological polar surface area (TPSA) is 77.6 Å². The van der Waals surface area contributed by atoms with Gasteiger partial charge >= 0.3 is 6.03 Å². The predicted molar refractivity (Wildman–Crippen MR) is 94.8 cm³/mol. The molecule has 0 bridgehead atoms. The summed E-state index contributed by atoms with van der Waals surface area (Å²) in [6.07, 6.45) is 4.07. The van der Waals surface area contributed by atoms with Gasteiger partial charge in [-0.1, -0.05) is 0 Å². The average Bonchev–Trinajstić information content (AvgIpc) is 2.81. The van der Waals surface area contributed by atoms with Crippen molar-refractivity contribution in [3.63, 3.8) is 0 Å². The van der Waals surface area contributed by atoms with Crippen molar-refractivity contribution in [2.45, 2.75) is 32.9 Å². The fraction of sp³-hybridized carbons (Fsp3) is 0.611. The maximum atomic E-state index is 12.5. The van der Waals surface area contributed by atoms with Crippen LogP contribution >= 0.6 is 0 Å². The Bertz CT molecular complexity index is 621. The van der Waals surface area contributed by atoms with Crippen LogP contribution in [0.5, 0.6) is 0 Å². The first-order chi connectivity index (χ1) is 12.0. The van der Waals surface area contributed by atoms with E-state index < -0.39 is 0 Å². The second kappa shape index (κ2) is 7.39. The third kappa shape index (κ3) is 4.48. The van der Waals surface area contributed by atoms with Crippen LogP contribution in [-0.4, -0.2) is 65.5 Å². The summed E-state index contributed by atoms with van der Waals surface area (Å²) < 4.78 is 0. The van der Waals surface area contributed by atoms with Gasteiger partial charge in [-0.2, -0.15) is 0 Å². The van der Waals surface area contributed by atoms with Crippen LogP contribution < -0.4 is 10.6 Å². The van der Waals surface area contributed by atoms with Gasteiger partial charge in [-0.05, 0) is 31.5 Å². The molecule has 25 heavy (non-hydrogen) atoms. The Morgan fingerprint density at radius 3 is 2.72 bits per heavy atom. The van der Waals surface area contributed by atoms with Crippen molar-refractivity contribution in [2.24, 2.45) is 5.41 Å². The molecular formula is C18H27N5O2. The van der Waals surface area contributed by atoms with Crippen LogP contribution in [0.25, 0.3) is 0 Å². The van der Waals surface area contributed by atoms with Crippen molar-refractivity contribution in [3.8, 4) is 0 Å². The Kier molecular flexibility index (Phi) is 5.22. The number of hydrogen-bond donors (Lipinski definition) is 2. The third-order valence-corrected chi connectivity index (χ3v) is 4.82. The summed E-state index contributed by atoms with van der Waals surface area (Å²) in [5.41, 5.74) is 0.983. The van der Waals surface area contributed by atoms with Crippen molar-refractivity contribution in [3.05, 3.63) is 30.1 Å². The van der Waals surface area contributed by atoms with Gasteiger partial charge in [0.1, 0.15) is 0 Å². The highest BCUT2D eigenvalue weighted by atomic mass is 16.2. The summed E-state index contributed by atoms with van der Waals surface area (Å²) in [7, 11) is 0. The van der Waals surface area contributed by atoms with E-state index in [-0.39, 0.29) is 23.4 Å². The van der Waals surface area contributed by atoms with Gasteiger partial charge in [-0.15, -0.1) is 0 Å². The summed E-state index contributed by atoms with van der Waals surface area (Å²) in [6, 6.07) is 4.08. The molecule has 0 aromatic carbocycles. The molecule has 3 amide bonds. The lowest BCUT2D eigenvalue weighted by Gasteiger charge is -2.33. The summed E-state index contributed by atoms with van der Waals surface area (Å²) in [4.78, 5) is 32.7. The highest BCUT2D eigenvalue weighted by Gasteiger charge is 2.43. The maximum absolute atomic E-state index is 12.5. The fourth-order valence-corrected chi connectivity index (χ4v) is 3.72. The number of nitrogens with zero attached hydrogens (tertiary/aromatic N) is 3. The number of rotatable bonds is 3. The lowest BCUT2D eigenvalue weighted by atomic mass is 9.86. The molecule has 2 N–H and O–H groups in total.